The summed E-state index contributed by atoms with van der Waals surface area (Å²) in [5.74, 6) is 0.0991. The zero-order valence-corrected chi connectivity index (χ0v) is 19.4. The van der Waals surface area contributed by atoms with Gasteiger partial charge in [0.1, 0.15) is 5.78 Å². The molecular formula is C24H31O4P. The van der Waals surface area contributed by atoms with E-state index in [9.17, 15) is 14.2 Å². The van der Waals surface area contributed by atoms with E-state index in [0.717, 1.165) is 16.7 Å². The Balaban J connectivity index is 2.64. The van der Waals surface area contributed by atoms with Gasteiger partial charge in [0.2, 0.25) is 0 Å². The van der Waals surface area contributed by atoms with E-state index >= 15 is 0 Å². The molecule has 2 rings (SSSR count). The van der Waals surface area contributed by atoms with Gasteiger partial charge in [-0.2, -0.15) is 0 Å². The Bertz CT molecular complexity index is 969. The molecule has 0 radical (unpaired) electrons. The summed E-state index contributed by atoms with van der Waals surface area (Å²) in [6, 6.07) is 10.5. The second kappa shape index (κ2) is 8.77. The summed E-state index contributed by atoms with van der Waals surface area (Å²) in [4.78, 5) is 26.2. The van der Waals surface area contributed by atoms with Crippen molar-refractivity contribution in [1.29, 1.82) is 0 Å². The molecule has 5 heteroatoms. The summed E-state index contributed by atoms with van der Waals surface area (Å²) < 4.78 is 19.3. The Morgan fingerprint density at radius 3 is 2.10 bits per heavy atom. The molecule has 0 fully saturated rings. The van der Waals surface area contributed by atoms with Crippen LogP contribution >= 0.6 is 7.37 Å². The summed E-state index contributed by atoms with van der Waals surface area (Å²) >= 11 is 0. The van der Waals surface area contributed by atoms with Gasteiger partial charge in [-0.1, -0.05) is 45.0 Å². The minimum Gasteiger partial charge on any atom is -0.320 e. The molecule has 29 heavy (non-hydrogen) atoms. The Hall–Kier alpha value is -2.03. The number of benzene rings is 2. The van der Waals surface area contributed by atoms with Gasteiger partial charge in [-0.05, 0) is 62.1 Å². The van der Waals surface area contributed by atoms with E-state index in [1.165, 1.54) is 0 Å². The molecule has 0 saturated carbocycles. The summed E-state index contributed by atoms with van der Waals surface area (Å²) in [5.41, 5.74) is 2.65. The molecular weight excluding hydrogens is 383 g/mol. The summed E-state index contributed by atoms with van der Waals surface area (Å²) in [5, 5.41) is 0.388. The Labute approximate surface area is 174 Å². The van der Waals surface area contributed by atoms with Crippen molar-refractivity contribution in [3.05, 3.63) is 64.2 Å². The fourth-order valence-electron chi connectivity index (χ4n) is 3.46. The van der Waals surface area contributed by atoms with Gasteiger partial charge >= 0.3 is 7.37 Å². The minimum absolute atomic E-state index is 0.0991. The lowest BCUT2D eigenvalue weighted by Crippen LogP contribution is -2.24. The minimum atomic E-state index is -3.76. The van der Waals surface area contributed by atoms with E-state index in [2.05, 4.69) is 0 Å². The van der Waals surface area contributed by atoms with E-state index in [1.807, 2.05) is 53.7 Å². The lowest BCUT2D eigenvalue weighted by molar-refractivity contribution is -0.125. The molecule has 0 spiro atoms. The highest BCUT2D eigenvalue weighted by molar-refractivity contribution is 7.83. The number of hydrogen-bond acceptors (Lipinski definition) is 4. The quantitative estimate of drug-likeness (QED) is 0.557. The van der Waals surface area contributed by atoms with Crippen molar-refractivity contribution < 1.29 is 18.7 Å². The van der Waals surface area contributed by atoms with Gasteiger partial charge in [0, 0.05) is 22.7 Å². The maximum Gasteiger partial charge on any atom is 0.300 e. The molecule has 1 unspecified atom stereocenters. The van der Waals surface area contributed by atoms with Crippen LogP contribution in [0.1, 0.15) is 60.3 Å². The van der Waals surface area contributed by atoms with Crippen molar-refractivity contribution in [2.24, 2.45) is 5.41 Å². The predicted octanol–water partition coefficient (Wildman–Crippen LogP) is 5.55. The Kier molecular flexibility index (Phi) is 7.03. The van der Waals surface area contributed by atoms with Crippen molar-refractivity contribution in [2.45, 2.75) is 54.9 Å². The van der Waals surface area contributed by atoms with Crippen molar-refractivity contribution in [1.82, 2.24) is 0 Å². The van der Waals surface area contributed by atoms with Gasteiger partial charge in [-0.25, -0.2) is 0 Å². The van der Waals surface area contributed by atoms with Crippen molar-refractivity contribution in [3.8, 4) is 0 Å². The molecule has 0 saturated heterocycles. The first-order chi connectivity index (χ1) is 13.4. The lowest BCUT2D eigenvalue weighted by Gasteiger charge is -2.23. The predicted molar refractivity (Wildman–Crippen MR) is 118 cm³/mol. The number of aryl methyl sites for hydroxylation is 2. The maximum atomic E-state index is 13.8. The van der Waals surface area contributed by atoms with Crippen molar-refractivity contribution in [2.75, 3.05) is 6.61 Å². The number of ketones is 1. The molecule has 0 bridgehead atoms. The first-order valence-electron chi connectivity index (χ1n) is 9.91. The van der Waals surface area contributed by atoms with Crippen LogP contribution in [-0.2, 0) is 20.3 Å². The highest BCUT2D eigenvalue weighted by Gasteiger charge is 2.38. The highest BCUT2D eigenvalue weighted by atomic mass is 31.2. The van der Waals surface area contributed by atoms with Gasteiger partial charge in [0.25, 0.3) is 5.52 Å². The first kappa shape index (κ1) is 23.3. The van der Waals surface area contributed by atoms with Crippen LogP contribution in [0.5, 0.6) is 0 Å². The third kappa shape index (κ3) is 4.76. The summed E-state index contributed by atoms with van der Waals surface area (Å²) in [7, 11) is -3.76. The largest absolute Gasteiger partial charge is 0.320 e. The van der Waals surface area contributed by atoms with Gasteiger partial charge in [0.15, 0.2) is 0 Å². The lowest BCUT2D eigenvalue weighted by atomic mass is 9.83. The van der Waals surface area contributed by atoms with Crippen LogP contribution in [0.4, 0.5) is 0 Å². The summed E-state index contributed by atoms with van der Waals surface area (Å²) in [6.45, 7) is 13.2. The average molecular weight is 414 g/mol. The monoisotopic (exact) mass is 414 g/mol. The van der Waals surface area contributed by atoms with Crippen LogP contribution in [0.3, 0.4) is 0 Å². The molecule has 0 amide bonds. The molecule has 0 aliphatic carbocycles. The van der Waals surface area contributed by atoms with E-state index in [-0.39, 0.29) is 18.8 Å². The molecule has 156 valence electrons. The summed E-state index contributed by atoms with van der Waals surface area (Å²) in [6.07, 6.45) is 0.242. The van der Waals surface area contributed by atoms with Crippen LogP contribution < -0.4 is 5.30 Å². The zero-order valence-electron chi connectivity index (χ0n) is 18.5. The second-order valence-corrected chi connectivity index (χ2v) is 10.7. The standard InChI is InChI=1S/C24H31O4P/c1-8-28-29(27,19-12-10-9-11-13-19)23(26)22-17(3)14-16(2)20(18(22)4)15-21(25)24(5,6)7/h9-14H,8,15H2,1-7H3. The van der Waals surface area contributed by atoms with Crippen LogP contribution in [0.15, 0.2) is 36.4 Å². The van der Waals surface area contributed by atoms with Gasteiger partial charge < -0.3 is 4.52 Å². The van der Waals surface area contributed by atoms with Crippen LogP contribution in [0.25, 0.3) is 0 Å². The zero-order chi connectivity index (χ0) is 22.0. The van der Waals surface area contributed by atoms with Crippen LogP contribution in [0.2, 0.25) is 0 Å². The Morgan fingerprint density at radius 2 is 1.59 bits per heavy atom. The third-order valence-corrected chi connectivity index (χ3v) is 7.55. The molecule has 0 aliphatic heterocycles. The molecule has 0 N–H and O–H groups in total. The topological polar surface area (TPSA) is 60.4 Å². The van der Waals surface area contributed by atoms with Crippen molar-refractivity contribution >= 4 is 24.0 Å². The number of Topliss-reactive ketones (excluding diaryl/α,β-unsaturated/α-hetero) is 1. The average Bonchev–Trinajstić information content (AvgIpc) is 2.64. The molecule has 0 aliphatic rings. The molecule has 2 aromatic rings. The van der Waals surface area contributed by atoms with Crippen molar-refractivity contribution in [3.63, 3.8) is 0 Å². The Morgan fingerprint density at radius 1 is 1.00 bits per heavy atom. The second-order valence-electron chi connectivity index (χ2n) is 8.45. The van der Waals surface area contributed by atoms with E-state index < -0.39 is 18.3 Å². The molecule has 0 heterocycles. The third-order valence-electron chi connectivity index (χ3n) is 5.19. The smallest absolute Gasteiger partial charge is 0.300 e. The molecule has 2 aromatic carbocycles. The van der Waals surface area contributed by atoms with Gasteiger partial charge in [0.05, 0.1) is 6.61 Å². The van der Waals surface area contributed by atoms with Gasteiger partial charge in [-0.3, -0.25) is 14.2 Å². The van der Waals surface area contributed by atoms with E-state index in [1.54, 1.807) is 31.2 Å². The van der Waals surface area contributed by atoms with Crippen LogP contribution in [-0.4, -0.2) is 17.9 Å². The van der Waals surface area contributed by atoms with E-state index in [0.29, 0.717) is 16.4 Å². The van der Waals surface area contributed by atoms with Gasteiger partial charge in [-0.15, -0.1) is 0 Å². The maximum absolute atomic E-state index is 13.8. The first-order valence-corrected chi connectivity index (χ1v) is 11.5. The fourth-order valence-corrected chi connectivity index (χ4v) is 5.52. The number of carbonyl (C=O) groups is 2. The number of carbonyl (C=O) groups excluding carboxylic acids is 2. The molecule has 0 aromatic heterocycles. The number of rotatable bonds is 7. The fraction of sp³-hybridized carbons (Fsp3) is 0.417. The molecule has 4 nitrogen and oxygen atoms in total. The normalized spacial score (nSPS) is 13.8. The SMILES string of the molecule is CCOP(=O)(C(=O)c1c(C)cc(C)c(CC(=O)C(C)(C)C)c1C)c1ccccc1. The van der Waals surface area contributed by atoms with E-state index in [4.69, 9.17) is 4.52 Å². The van der Waals surface area contributed by atoms with Crippen LogP contribution in [0, 0.1) is 26.2 Å². The number of hydrogen-bond donors (Lipinski definition) is 0. The highest BCUT2D eigenvalue weighted by Crippen LogP contribution is 2.50. The molecule has 1 atom stereocenters.